The van der Waals surface area contributed by atoms with E-state index in [4.69, 9.17) is 24.2 Å². The number of aromatic nitrogens is 1. The molecule has 0 aliphatic heterocycles. The fourth-order valence-corrected chi connectivity index (χ4v) is 3.66. The van der Waals surface area contributed by atoms with Gasteiger partial charge in [-0.05, 0) is 55.0 Å². The molecular formula is C23H30N2O5. The molecule has 0 spiro atoms. The van der Waals surface area contributed by atoms with Gasteiger partial charge in [0.05, 0.1) is 12.7 Å². The van der Waals surface area contributed by atoms with Gasteiger partial charge in [-0.15, -0.1) is 0 Å². The van der Waals surface area contributed by atoms with Gasteiger partial charge in [-0.1, -0.05) is 30.7 Å². The van der Waals surface area contributed by atoms with Crippen LogP contribution in [0.3, 0.4) is 0 Å². The number of fused-ring (bicyclic) bond motifs is 1. The fourth-order valence-electron chi connectivity index (χ4n) is 3.66. The normalized spacial score (nSPS) is 17.8. The second kappa shape index (κ2) is 11.4. The number of hydrogen-bond donors (Lipinski definition) is 3. The van der Waals surface area contributed by atoms with Crippen LogP contribution in [0.15, 0.2) is 52.9 Å². The third kappa shape index (κ3) is 6.38. The van der Waals surface area contributed by atoms with Crippen LogP contribution in [0.25, 0.3) is 22.6 Å². The van der Waals surface area contributed by atoms with E-state index in [9.17, 15) is 0 Å². The van der Waals surface area contributed by atoms with Crippen molar-refractivity contribution < 1.29 is 24.2 Å². The number of oxazole rings is 1. The third-order valence-electron chi connectivity index (χ3n) is 5.05. The van der Waals surface area contributed by atoms with E-state index in [1.54, 1.807) is 0 Å². The van der Waals surface area contributed by atoms with Gasteiger partial charge in [0.25, 0.3) is 5.97 Å². The first-order chi connectivity index (χ1) is 14.1. The third-order valence-corrected chi connectivity index (χ3v) is 5.05. The Kier molecular flexibility index (Phi) is 8.98. The van der Waals surface area contributed by atoms with E-state index in [1.165, 1.54) is 12.8 Å². The Morgan fingerprint density at radius 1 is 1.17 bits per heavy atom. The summed E-state index contributed by atoms with van der Waals surface area (Å²) < 4.78 is 11.9. The SMILES string of the molecule is CC(=O)O.N.OCC[C@@H]1CCC[C@H]1OCc1ccc(-c2nc3ccccc3o2)cc1. The summed E-state index contributed by atoms with van der Waals surface area (Å²) in [6.45, 7) is 1.95. The number of aliphatic hydroxyl groups is 1. The van der Waals surface area contributed by atoms with Crippen molar-refractivity contribution in [1.82, 2.24) is 11.1 Å². The lowest BCUT2D eigenvalue weighted by Gasteiger charge is -2.19. The number of para-hydroxylation sites is 2. The maximum Gasteiger partial charge on any atom is 0.300 e. The number of hydrogen-bond acceptors (Lipinski definition) is 6. The lowest BCUT2D eigenvalue weighted by molar-refractivity contribution is -0.134. The fraction of sp³-hybridized carbons (Fsp3) is 0.391. The molecule has 4 rings (SSSR count). The standard InChI is InChI=1S/C21H23NO3.C2H4O2.H3N/c23-13-12-16-4-3-7-19(16)24-14-15-8-10-17(11-9-15)21-22-18-5-1-2-6-20(18)25-21;1-2(3)4;/h1-2,5-6,8-11,16,19,23H,3-4,7,12-14H2;1H3,(H,3,4);1H3/t16-,19+;;/m0../s1. The highest BCUT2D eigenvalue weighted by atomic mass is 16.5. The summed E-state index contributed by atoms with van der Waals surface area (Å²) in [6.07, 6.45) is 4.60. The smallest absolute Gasteiger partial charge is 0.300 e. The number of rotatable bonds is 6. The molecule has 1 aliphatic rings. The summed E-state index contributed by atoms with van der Waals surface area (Å²) in [7, 11) is 0. The number of carbonyl (C=O) groups is 1. The Hall–Kier alpha value is -2.74. The molecule has 0 unspecified atom stereocenters. The Balaban J connectivity index is 0.000000591. The van der Waals surface area contributed by atoms with E-state index in [0.29, 0.717) is 18.4 Å². The number of aliphatic hydroxyl groups excluding tert-OH is 1. The van der Waals surface area contributed by atoms with Gasteiger partial charge in [0.2, 0.25) is 5.89 Å². The molecule has 1 fully saturated rings. The number of carboxylic acid groups (broad SMARTS) is 1. The monoisotopic (exact) mass is 414 g/mol. The van der Waals surface area contributed by atoms with Gasteiger partial charge >= 0.3 is 0 Å². The Bertz CT molecular complexity index is 886. The maximum absolute atomic E-state index is 9.15. The minimum absolute atomic E-state index is 0. The Morgan fingerprint density at radius 3 is 2.53 bits per heavy atom. The topological polar surface area (TPSA) is 128 Å². The molecule has 3 aromatic rings. The summed E-state index contributed by atoms with van der Waals surface area (Å²) in [5.74, 6) is 0.316. The first-order valence-electron chi connectivity index (χ1n) is 9.93. The van der Waals surface area contributed by atoms with E-state index < -0.39 is 5.97 Å². The van der Waals surface area contributed by atoms with Gasteiger partial charge < -0.3 is 25.5 Å². The summed E-state index contributed by atoms with van der Waals surface area (Å²) >= 11 is 0. The summed E-state index contributed by atoms with van der Waals surface area (Å²) in [4.78, 5) is 13.5. The largest absolute Gasteiger partial charge is 0.481 e. The lowest BCUT2D eigenvalue weighted by atomic mass is 10.0. The van der Waals surface area contributed by atoms with Crippen molar-refractivity contribution in [3.8, 4) is 11.5 Å². The average Bonchev–Trinajstić information content (AvgIpc) is 3.33. The molecule has 7 heteroatoms. The van der Waals surface area contributed by atoms with Gasteiger partial charge in [-0.2, -0.15) is 0 Å². The van der Waals surface area contributed by atoms with Crippen LogP contribution in [-0.2, 0) is 16.1 Å². The van der Waals surface area contributed by atoms with Crippen LogP contribution in [0, 0.1) is 5.92 Å². The Labute approximate surface area is 176 Å². The van der Waals surface area contributed by atoms with Gasteiger partial charge in [-0.3, -0.25) is 4.79 Å². The number of benzene rings is 2. The number of aliphatic carboxylic acids is 1. The molecule has 162 valence electrons. The van der Waals surface area contributed by atoms with Crippen molar-refractivity contribution in [2.45, 2.75) is 45.3 Å². The van der Waals surface area contributed by atoms with Crippen LogP contribution < -0.4 is 6.15 Å². The van der Waals surface area contributed by atoms with Crippen LogP contribution in [0.4, 0.5) is 0 Å². The molecule has 0 bridgehead atoms. The average molecular weight is 415 g/mol. The summed E-state index contributed by atoms with van der Waals surface area (Å²) in [6, 6.07) is 16.0. The molecule has 0 saturated heterocycles. The van der Waals surface area contributed by atoms with E-state index >= 15 is 0 Å². The van der Waals surface area contributed by atoms with Crippen molar-refractivity contribution in [3.05, 3.63) is 54.1 Å². The first-order valence-corrected chi connectivity index (χ1v) is 9.93. The Morgan fingerprint density at radius 2 is 1.87 bits per heavy atom. The van der Waals surface area contributed by atoms with Crippen molar-refractivity contribution in [1.29, 1.82) is 0 Å². The quantitative estimate of drug-likeness (QED) is 0.528. The molecule has 2 aromatic carbocycles. The maximum atomic E-state index is 9.15. The van der Waals surface area contributed by atoms with Crippen LogP contribution in [-0.4, -0.2) is 33.9 Å². The summed E-state index contributed by atoms with van der Waals surface area (Å²) in [5.41, 5.74) is 3.80. The lowest BCUT2D eigenvalue weighted by Crippen LogP contribution is -2.19. The molecule has 7 nitrogen and oxygen atoms in total. The molecule has 1 aromatic heterocycles. The minimum Gasteiger partial charge on any atom is -0.481 e. The van der Waals surface area contributed by atoms with E-state index in [1.807, 2.05) is 36.4 Å². The van der Waals surface area contributed by atoms with Crippen LogP contribution in [0.5, 0.6) is 0 Å². The second-order valence-corrected chi connectivity index (χ2v) is 7.26. The van der Waals surface area contributed by atoms with Gasteiger partial charge in [0.15, 0.2) is 5.58 Å². The van der Waals surface area contributed by atoms with Gasteiger partial charge in [0.1, 0.15) is 5.52 Å². The van der Waals surface area contributed by atoms with Crippen LogP contribution >= 0.6 is 0 Å². The van der Waals surface area contributed by atoms with Crippen molar-refractivity contribution in [3.63, 3.8) is 0 Å². The van der Waals surface area contributed by atoms with Gasteiger partial charge in [-0.25, -0.2) is 4.98 Å². The minimum atomic E-state index is -0.833. The number of ether oxygens (including phenoxy) is 1. The molecule has 0 amide bonds. The molecule has 1 saturated carbocycles. The number of carboxylic acids is 1. The second-order valence-electron chi connectivity index (χ2n) is 7.26. The van der Waals surface area contributed by atoms with Crippen molar-refractivity contribution in [2.75, 3.05) is 6.61 Å². The summed E-state index contributed by atoms with van der Waals surface area (Å²) in [5, 5.41) is 16.6. The van der Waals surface area contributed by atoms with Crippen LogP contribution in [0.1, 0.15) is 38.2 Å². The van der Waals surface area contributed by atoms with E-state index in [-0.39, 0.29) is 18.9 Å². The predicted molar refractivity (Wildman–Crippen MR) is 115 cm³/mol. The highest BCUT2D eigenvalue weighted by molar-refractivity contribution is 5.75. The van der Waals surface area contributed by atoms with Crippen LogP contribution in [0.2, 0.25) is 0 Å². The number of nitrogens with zero attached hydrogens (tertiary/aromatic N) is 1. The highest BCUT2D eigenvalue weighted by Gasteiger charge is 2.27. The van der Waals surface area contributed by atoms with E-state index in [0.717, 1.165) is 42.0 Å². The van der Waals surface area contributed by atoms with Crippen molar-refractivity contribution >= 4 is 17.1 Å². The highest BCUT2D eigenvalue weighted by Crippen LogP contribution is 2.31. The molecule has 5 N–H and O–H groups in total. The predicted octanol–water partition coefficient (Wildman–Crippen LogP) is 4.82. The molecule has 30 heavy (non-hydrogen) atoms. The molecule has 0 radical (unpaired) electrons. The van der Waals surface area contributed by atoms with Gasteiger partial charge in [0, 0.05) is 19.1 Å². The zero-order valence-electron chi connectivity index (χ0n) is 17.3. The molecular weight excluding hydrogens is 384 g/mol. The zero-order valence-corrected chi connectivity index (χ0v) is 17.3. The molecule has 2 atom stereocenters. The first kappa shape index (κ1) is 23.5. The molecule has 1 aliphatic carbocycles. The van der Waals surface area contributed by atoms with E-state index in [2.05, 4.69) is 17.1 Å². The molecule has 1 heterocycles. The van der Waals surface area contributed by atoms with Crippen molar-refractivity contribution in [2.24, 2.45) is 5.92 Å². The zero-order chi connectivity index (χ0) is 20.6.